The molecule has 32 heavy (non-hydrogen) atoms. The van der Waals surface area contributed by atoms with Gasteiger partial charge in [-0.1, -0.05) is 0 Å². The SMILES string of the molecule is Cc1cc(O)c(C(N[S+]([O-])C(C)(C)C)C2CCN(C(=O)[C@H]3COC(C)(C)O3)CC2)cc1F. The number of piperidine rings is 1. The second-order valence-corrected chi connectivity index (χ2v) is 12.1. The number of halogens is 1. The van der Waals surface area contributed by atoms with Crippen LogP contribution in [0.2, 0.25) is 0 Å². The van der Waals surface area contributed by atoms with Crippen LogP contribution in [-0.2, 0) is 25.6 Å². The predicted molar refractivity (Wildman–Crippen MR) is 121 cm³/mol. The molecule has 2 aliphatic rings. The van der Waals surface area contributed by atoms with Gasteiger partial charge in [-0.15, -0.1) is 4.72 Å². The summed E-state index contributed by atoms with van der Waals surface area (Å²) in [5.41, 5.74) is 0.744. The van der Waals surface area contributed by atoms with Crippen molar-refractivity contribution in [2.24, 2.45) is 5.92 Å². The lowest BCUT2D eigenvalue weighted by Crippen LogP contribution is -2.48. The summed E-state index contributed by atoms with van der Waals surface area (Å²) in [7, 11) is 0. The van der Waals surface area contributed by atoms with Crippen molar-refractivity contribution in [3.05, 3.63) is 29.1 Å². The van der Waals surface area contributed by atoms with Crippen molar-refractivity contribution < 1.29 is 28.3 Å². The summed E-state index contributed by atoms with van der Waals surface area (Å²) in [5, 5.41) is 10.6. The number of phenols is 1. The van der Waals surface area contributed by atoms with E-state index in [9.17, 15) is 18.8 Å². The van der Waals surface area contributed by atoms with Crippen LogP contribution in [0.3, 0.4) is 0 Å². The summed E-state index contributed by atoms with van der Waals surface area (Å²) < 4.78 is 41.1. The molecule has 0 saturated carbocycles. The third-order valence-corrected chi connectivity index (χ3v) is 7.62. The van der Waals surface area contributed by atoms with Crippen LogP contribution in [0.1, 0.15) is 64.6 Å². The van der Waals surface area contributed by atoms with Crippen molar-refractivity contribution in [2.75, 3.05) is 19.7 Å². The molecule has 2 fully saturated rings. The molecule has 1 amide bonds. The molecular weight excluding hydrogens is 435 g/mol. The molecular formula is C23H35FN2O5S. The average molecular weight is 471 g/mol. The number of hydrogen-bond acceptors (Lipinski definition) is 6. The van der Waals surface area contributed by atoms with Crippen LogP contribution in [0, 0.1) is 18.7 Å². The fourth-order valence-corrected chi connectivity index (χ4v) is 5.01. The Morgan fingerprint density at radius 1 is 1.34 bits per heavy atom. The summed E-state index contributed by atoms with van der Waals surface area (Å²) in [6.07, 6.45) is 0.631. The minimum Gasteiger partial charge on any atom is -0.598 e. The highest BCUT2D eigenvalue weighted by Crippen LogP contribution is 2.38. The molecule has 0 aliphatic carbocycles. The number of nitrogens with zero attached hydrogens (tertiary/aromatic N) is 1. The maximum Gasteiger partial charge on any atom is 0.254 e. The molecule has 2 saturated heterocycles. The van der Waals surface area contributed by atoms with Gasteiger partial charge in [-0.3, -0.25) is 4.79 Å². The molecule has 1 aromatic rings. The van der Waals surface area contributed by atoms with E-state index in [0.29, 0.717) is 37.1 Å². The van der Waals surface area contributed by atoms with Crippen molar-refractivity contribution in [3.8, 4) is 5.75 Å². The zero-order valence-electron chi connectivity index (χ0n) is 19.7. The van der Waals surface area contributed by atoms with E-state index in [1.165, 1.54) is 12.1 Å². The first-order chi connectivity index (χ1) is 14.8. The fourth-order valence-electron chi connectivity index (χ4n) is 4.10. The number of aryl methyl sites for hydroxylation is 1. The van der Waals surface area contributed by atoms with Crippen LogP contribution in [-0.4, -0.2) is 56.8 Å². The number of carbonyl (C=O) groups is 1. The highest BCUT2D eigenvalue weighted by Gasteiger charge is 2.41. The van der Waals surface area contributed by atoms with E-state index in [1.807, 2.05) is 20.8 Å². The number of phenolic OH excluding ortho intramolecular Hbond substituents is 1. The van der Waals surface area contributed by atoms with Crippen molar-refractivity contribution >= 4 is 17.3 Å². The maximum absolute atomic E-state index is 14.4. The van der Waals surface area contributed by atoms with Gasteiger partial charge in [0.05, 0.1) is 12.6 Å². The van der Waals surface area contributed by atoms with Gasteiger partial charge in [0.15, 0.2) is 11.9 Å². The van der Waals surface area contributed by atoms with Crippen molar-refractivity contribution in [1.29, 1.82) is 0 Å². The van der Waals surface area contributed by atoms with Crippen LogP contribution in [0.25, 0.3) is 0 Å². The number of carbonyl (C=O) groups excluding carboxylic acids is 1. The average Bonchev–Trinajstić information content (AvgIpc) is 3.07. The number of hydrogen-bond donors (Lipinski definition) is 2. The Labute approximate surface area is 193 Å². The second-order valence-electron chi connectivity index (χ2n) is 10.1. The van der Waals surface area contributed by atoms with E-state index in [4.69, 9.17) is 9.47 Å². The molecule has 180 valence electrons. The molecule has 7 nitrogen and oxygen atoms in total. The van der Waals surface area contributed by atoms with Crippen molar-refractivity contribution in [3.63, 3.8) is 0 Å². The van der Waals surface area contributed by atoms with Crippen LogP contribution < -0.4 is 4.72 Å². The van der Waals surface area contributed by atoms with E-state index in [-0.39, 0.29) is 24.2 Å². The van der Waals surface area contributed by atoms with E-state index < -0.39 is 39.9 Å². The third-order valence-electron chi connectivity index (χ3n) is 6.04. The number of benzene rings is 1. The van der Waals surface area contributed by atoms with E-state index in [0.717, 1.165) is 0 Å². The number of amides is 1. The predicted octanol–water partition coefficient (Wildman–Crippen LogP) is 3.32. The van der Waals surface area contributed by atoms with Gasteiger partial charge in [-0.2, -0.15) is 0 Å². The zero-order valence-corrected chi connectivity index (χ0v) is 20.6. The molecule has 3 atom stereocenters. The normalized spacial score (nSPS) is 23.9. The van der Waals surface area contributed by atoms with Crippen LogP contribution in [0.5, 0.6) is 5.75 Å². The highest BCUT2D eigenvalue weighted by molar-refractivity contribution is 7.90. The van der Waals surface area contributed by atoms with Gasteiger partial charge in [-0.25, -0.2) is 4.39 Å². The summed E-state index contributed by atoms with van der Waals surface area (Å²) in [4.78, 5) is 14.6. The van der Waals surface area contributed by atoms with Crippen molar-refractivity contribution in [1.82, 2.24) is 9.62 Å². The standard InChI is InChI=1S/C23H35FN2O5S/c1-14-11-18(27)16(12-17(14)24)20(25-32(29)22(2,3)4)15-7-9-26(10-8-15)21(28)19-13-30-23(5,6)31-19/h11-12,15,19-20,25,27H,7-10,13H2,1-6H3/t19-,20?,32?/m1/s1. The Morgan fingerprint density at radius 3 is 2.50 bits per heavy atom. The van der Waals surface area contributed by atoms with E-state index >= 15 is 0 Å². The largest absolute Gasteiger partial charge is 0.598 e. The molecule has 0 bridgehead atoms. The smallest absolute Gasteiger partial charge is 0.254 e. The molecule has 9 heteroatoms. The molecule has 0 spiro atoms. The Balaban J connectivity index is 1.75. The summed E-state index contributed by atoms with van der Waals surface area (Å²) in [6.45, 7) is 12.0. The minimum absolute atomic E-state index is 0.0236. The lowest BCUT2D eigenvalue weighted by atomic mass is 9.85. The lowest BCUT2D eigenvalue weighted by Gasteiger charge is -2.38. The van der Waals surface area contributed by atoms with Gasteiger partial charge in [0, 0.05) is 30.0 Å². The van der Waals surface area contributed by atoms with Gasteiger partial charge in [0.25, 0.3) is 5.91 Å². The van der Waals surface area contributed by atoms with Crippen LogP contribution in [0.15, 0.2) is 12.1 Å². The zero-order chi connectivity index (χ0) is 23.8. The molecule has 3 rings (SSSR count). The number of aromatic hydroxyl groups is 1. The molecule has 2 aliphatic heterocycles. The lowest BCUT2D eigenvalue weighted by molar-refractivity contribution is -0.161. The second kappa shape index (κ2) is 9.46. The first-order valence-electron chi connectivity index (χ1n) is 11.1. The van der Waals surface area contributed by atoms with Crippen LogP contribution in [0.4, 0.5) is 4.39 Å². The van der Waals surface area contributed by atoms with Gasteiger partial charge < -0.3 is 24.0 Å². The minimum atomic E-state index is -1.42. The van der Waals surface area contributed by atoms with Crippen molar-refractivity contribution in [2.45, 2.75) is 77.1 Å². The molecule has 2 heterocycles. The topological polar surface area (TPSA) is 94.1 Å². The van der Waals surface area contributed by atoms with E-state index in [1.54, 1.807) is 25.7 Å². The number of likely N-dealkylation sites (tertiary alicyclic amines) is 1. The van der Waals surface area contributed by atoms with Gasteiger partial charge in [-0.05, 0) is 78.0 Å². The Kier molecular flexibility index (Phi) is 7.46. The number of rotatable bonds is 5. The number of ether oxygens (including phenoxy) is 2. The molecule has 0 aromatic heterocycles. The molecule has 0 radical (unpaired) electrons. The quantitative estimate of drug-likeness (QED) is 0.641. The first kappa shape index (κ1) is 25.2. The summed E-state index contributed by atoms with van der Waals surface area (Å²) >= 11 is -1.42. The first-order valence-corrected chi connectivity index (χ1v) is 12.2. The Bertz CT molecular complexity index is 836. The monoisotopic (exact) mass is 470 g/mol. The third kappa shape index (κ3) is 5.75. The highest BCUT2D eigenvalue weighted by atomic mass is 32.2. The Morgan fingerprint density at radius 2 is 1.97 bits per heavy atom. The maximum atomic E-state index is 14.4. The van der Waals surface area contributed by atoms with E-state index in [2.05, 4.69) is 4.72 Å². The molecule has 2 unspecified atom stereocenters. The number of nitrogens with one attached hydrogen (secondary N) is 1. The fraction of sp³-hybridized carbons (Fsp3) is 0.696. The molecule has 2 N–H and O–H groups in total. The van der Waals surface area contributed by atoms with Gasteiger partial charge in [0.2, 0.25) is 0 Å². The summed E-state index contributed by atoms with van der Waals surface area (Å²) in [5.74, 6) is -1.33. The summed E-state index contributed by atoms with van der Waals surface area (Å²) in [6, 6.07) is 2.22. The van der Waals surface area contributed by atoms with Gasteiger partial charge in [0.1, 0.15) is 16.3 Å². The van der Waals surface area contributed by atoms with Gasteiger partial charge >= 0.3 is 0 Å². The van der Waals surface area contributed by atoms with Crippen LogP contribution >= 0.6 is 0 Å². The Hall–Kier alpha value is -1.39. The molecule has 1 aromatic carbocycles.